The molecule has 0 bridgehead atoms. The van der Waals surface area contributed by atoms with Crippen LogP contribution in [-0.2, 0) is 0 Å². The second-order valence-corrected chi connectivity index (χ2v) is 11.6. The van der Waals surface area contributed by atoms with Crippen molar-refractivity contribution in [3.05, 3.63) is 29.3 Å². The van der Waals surface area contributed by atoms with Gasteiger partial charge in [0.25, 0.3) is 0 Å². The Bertz CT molecular complexity index is 634. The van der Waals surface area contributed by atoms with Crippen LogP contribution in [0, 0.1) is 24.7 Å². The Morgan fingerprint density at radius 2 is 1.27 bits per heavy atom. The minimum absolute atomic E-state index is 0.767. The Kier molecular flexibility index (Phi) is 12.2. The highest BCUT2D eigenvalue weighted by Gasteiger charge is 2.23. The van der Waals surface area contributed by atoms with Crippen molar-refractivity contribution in [3.8, 4) is 5.75 Å². The molecule has 0 aromatic heterocycles. The first kappa shape index (κ1) is 26.6. The Morgan fingerprint density at radius 3 is 1.94 bits per heavy atom. The number of aryl methyl sites for hydroxylation is 1. The Hall–Kier alpha value is -0.980. The van der Waals surface area contributed by atoms with E-state index in [1.165, 1.54) is 121 Å². The van der Waals surface area contributed by atoms with Crippen LogP contribution in [0.2, 0.25) is 0 Å². The highest BCUT2D eigenvalue weighted by Crippen LogP contribution is 2.39. The summed E-state index contributed by atoms with van der Waals surface area (Å²) in [5, 5.41) is 0. The van der Waals surface area contributed by atoms with Crippen molar-refractivity contribution in [1.82, 2.24) is 0 Å². The summed E-state index contributed by atoms with van der Waals surface area (Å²) in [5.74, 6) is 4.65. The zero-order valence-electron chi connectivity index (χ0n) is 22.4. The molecule has 3 rings (SSSR count). The Labute approximate surface area is 206 Å². The summed E-state index contributed by atoms with van der Waals surface area (Å²) in [6, 6.07) is 7.09. The van der Waals surface area contributed by atoms with Crippen LogP contribution in [0.25, 0.3) is 0 Å². The fourth-order valence-electron chi connectivity index (χ4n) is 6.57. The van der Waals surface area contributed by atoms with Gasteiger partial charge in [-0.15, -0.1) is 0 Å². The second kappa shape index (κ2) is 15.1. The molecule has 0 amide bonds. The molecule has 0 aliphatic heterocycles. The van der Waals surface area contributed by atoms with E-state index in [1.807, 2.05) is 0 Å². The lowest BCUT2D eigenvalue weighted by Gasteiger charge is -2.30. The van der Waals surface area contributed by atoms with Gasteiger partial charge in [-0.3, -0.25) is 0 Å². The van der Waals surface area contributed by atoms with Crippen LogP contribution in [0.15, 0.2) is 18.2 Å². The van der Waals surface area contributed by atoms with Crippen LogP contribution in [-0.4, -0.2) is 6.61 Å². The molecular formula is C32H54O. The molecule has 0 saturated heterocycles. The van der Waals surface area contributed by atoms with E-state index >= 15 is 0 Å². The molecule has 0 unspecified atom stereocenters. The fraction of sp³-hybridized carbons (Fsp3) is 0.812. The van der Waals surface area contributed by atoms with Gasteiger partial charge in [-0.25, -0.2) is 0 Å². The second-order valence-electron chi connectivity index (χ2n) is 11.6. The summed E-state index contributed by atoms with van der Waals surface area (Å²) in [6.45, 7) is 7.80. The smallest absolute Gasteiger partial charge is 0.122 e. The van der Waals surface area contributed by atoms with Gasteiger partial charge in [0.15, 0.2) is 0 Å². The standard InChI is InChI=1S/C32H54O/c1-4-6-7-8-9-10-11-13-28-18-20-30(21-19-28)31-22-23-32(26(3)24-31)33-25-29-16-14-27(12-5-2)15-17-29/h22-24,27-30H,4-21,25H2,1-3H3/t27-,28-,29-,30-. The van der Waals surface area contributed by atoms with Crippen molar-refractivity contribution in [2.24, 2.45) is 17.8 Å². The number of benzene rings is 1. The van der Waals surface area contributed by atoms with Gasteiger partial charge in [0, 0.05) is 0 Å². The lowest BCUT2D eigenvalue weighted by molar-refractivity contribution is 0.178. The predicted molar refractivity (Wildman–Crippen MR) is 144 cm³/mol. The number of hydrogen-bond acceptors (Lipinski definition) is 1. The summed E-state index contributed by atoms with van der Waals surface area (Å²) in [6.07, 6.45) is 25.6. The van der Waals surface area contributed by atoms with E-state index in [0.29, 0.717) is 0 Å². The van der Waals surface area contributed by atoms with E-state index < -0.39 is 0 Å². The maximum absolute atomic E-state index is 6.32. The van der Waals surface area contributed by atoms with Crippen LogP contribution in [0.4, 0.5) is 0 Å². The van der Waals surface area contributed by atoms with Crippen LogP contribution < -0.4 is 4.74 Å². The average Bonchev–Trinajstić information content (AvgIpc) is 2.84. The van der Waals surface area contributed by atoms with E-state index in [0.717, 1.165) is 36.0 Å². The van der Waals surface area contributed by atoms with Gasteiger partial charge in [-0.1, -0.05) is 103 Å². The molecule has 2 saturated carbocycles. The molecule has 188 valence electrons. The molecule has 0 N–H and O–H groups in total. The third-order valence-electron chi connectivity index (χ3n) is 8.87. The summed E-state index contributed by atoms with van der Waals surface area (Å²) >= 11 is 0. The number of rotatable bonds is 14. The average molecular weight is 455 g/mol. The highest BCUT2D eigenvalue weighted by molar-refractivity contribution is 5.37. The monoisotopic (exact) mass is 454 g/mol. The van der Waals surface area contributed by atoms with Gasteiger partial charge in [-0.2, -0.15) is 0 Å². The van der Waals surface area contributed by atoms with Gasteiger partial charge >= 0.3 is 0 Å². The molecule has 2 aliphatic carbocycles. The van der Waals surface area contributed by atoms with Crippen molar-refractivity contribution >= 4 is 0 Å². The molecule has 2 aliphatic rings. The first-order chi connectivity index (χ1) is 16.2. The zero-order valence-corrected chi connectivity index (χ0v) is 22.4. The molecule has 0 atom stereocenters. The van der Waals surface area contributed by atoms with Crippen molar-refractivity contribution < 1.29 is 4.74 Å². The molecule has 0 radical (unpaired) electrons. The number of unbranched alkanes of at least 4 members (excludes halogenated alkanes) is 6. The lowest BCUT2D eigenvalue weighted by atomic mass is 9.77. The zero-order chi connectivity index (χ0) is 23.3. The fourth-order valence-corrected chi connectivity index (χ4v) is 6.57. The van der Waals surface area contributed by atoms with Gasteiger partial charge in [0.05, 0.1) is 6.61 Å². The highest BCUT2D eigenvalue weighted by atomic mass is 16.5. The Morgan fingerprint density at radius 1 is 0.667 bits per heavy atom. The third-order valence-corrected chi connectivity index (χ3v) is 8.87. The quantitative estimate of drug-likeness (QED) is 0.254. The van der Waals surface area contributed by atoms with Crippen molar-refractivity contribution in [2.45, 2.75) is 142 Å². The van der Waals surface area contributed by atoms with Crippen LogP contribution >= 0.6 is 0 Å². The van der Waals surface area contributed by atoms with Gasteiger partial charge in [0.1, 0.15) is 5.75 Å². The Balaban J connectivity index is 1.33. The maximum Gasteiger partial charge on any atom is 0.122 e. The molecule has 33 heavy (non-hydrogen) atoms. The molecule has 1 nitrogen and oxygen atoms in total. The van der Waals surface area contributed by atoms with Crippen molar-refractivity contribution in [1.29, 1.82) is 0 Å². The van der Waals surface area contributed by atoms with Crippen molar-refractivity contribution in [3.63, 3.8) is 0 Å². The molecule has 1 aromatic carbocycles. The van der Waals surface area contributed by atoms with Gasteiger partial charge < -0.3 is 4.74 Å². The first-order valence-electron chi connectivity index (χ1n) is 14.9. The van der Waals surface area contributed by atoms with E-state index in [9.17, 15) is 0 Å². The summed E-state index contributed by atoms with van der Waals surface area (Å²) in [7, 11) is 0. The molecule has 1 aromatic rings. The van der Waals surface area contributed by atoms with Crippen molar-refractivity contribution in [2.75, 3.05) is 6.61 Å². The number of hydrogen-bond donors (Lipinski definition) is 0. The van der Waals surface area contributed by atoms with Gasteiger partial charge in [-0.05, 0) is 86.3 Å². The lowest BCUT2D eigenvalue weighted by Crippen LogP contribution is -2.20. The van der Waals surface area contributed by atoms with Gasteiger partial charge in [0.2, 0.25) is 0 Å². The molecule has 1 heteroatoms. The third kappa shape index (κ3) is 9.29. The minimum atomic E-state index is 0.767. The first-order valence-corrected chi connectivity index (χ1v) is 14.9. The summed E-state index contributed by atoms with van der Waals surface area (Å²) < 4.78 is 6.32. The van der Waals surface area contributed by atoms with E-state index in [2.05, 4.69) is 39.0 Å². The molecule has 0 heterocycles. The number of ether oxygens (including phenoxy) is 1. The minimum Gasteiger partial charge on any atom is -0.493 e. The largest absolute Gasteiger partial charge is 0.493 e. The van der Waals surface area contributed by atoms with E-state index in [1.54, 1.807) is 5.56 Å². The molecular weight excluding hydrogens is 400 g/mol. The molecule has 2 fully saturated rings. The maximum atomic E-state index is 6.32. The topological polar surface area (TPSA) is 9.23 Å². The summed E-state index contributed by atoms with van der Waals surface area (Å²) in [5.41, 5.74) is 2.91. The van der Waals surface area contributed by atoms with Crippen LogP contribution in [0.5, 0.6) is 5.75 Å². The normalized spacial score (nSPS) is 25.8. The molecule has 0 spiro atoms. The van der Waals surface area contributed by atoms with E-state index in [-0.39, 0.29) is 0 Å². The summed E-state index contributed by atoms with van der Waals surface area (Å²) in [4.78, 5) is 0. The van der Waals surface area contributed by atoms with Crippen LogP contribution in [0.1, 0.15) is 146 Å². The predicted octanol–water partition coefficient (Wildman–Crippen LogP) is 10.4. The van der Waals surface area contributed by atoms with Crippen LogP contribution in [0.3, 0.4) is 0 Å². The van der Waals surface area contributed by atoms with E-state index in [4.69, 9.17) is 4.74 Å². The SMILES string of the molecule is CCCCCCCCC[C@H]1CC[C@H](c2ccc(OC[C@H]3CC[C@H](CCC)CC3)c(C)c2)CC1.